The van der Waals surface area contributed by atoms with Crippen LogP contribution in [0.1, 0.15) is 36.5 Å². The quantitative estimate of drug-likeness (QED) is 0.781. The van der Waals surface area contributed by atoms with Crippen LogP contribution in [0.5, 0.6) is 0 Å². The van der Waals surface area contributed by atoms with Crippen molar-refractivity contribution in [2.75, 3.05) is 26.0 Å². The molecule has 0 radical (unpaired) electrons. The highest BCUT2D eigenvalue weighted by Gasteiger charge is 2.45. The summed E-state index contributed by atoms with van der Waals surface area (Å²) in [7, 11) is 3.99. The molecule has 0 saturated carbocycles. The largest absolute Gasteiger partial charge is 0.416 e. The molecule has 1 aromatic carbocycles. The Morgan fingerprint density at radius 1 is 1.18 bits per heavy atom. The van der Waals surface area contributed by atoms with Gasteiger partial charge in [-0.2, -0.15) is 13.2 Å². The molecule has 1 unspecified atom stereocenters. The van der Waals surface area contributed by atoms with Crippen molar-refractivity contribution in [3.63, 3.8) is 0 Å². The third-order valence-corrected chi connectivity index (χ3v) is 6.06. The van der Waals surface area contributed by atoms with Crippen molar-refractivity contribution in [2.45, 2.75) is 43.7 Å². The second-order valence-corrected chi connectivity index (χ2v) is 8.36. The summed E-state index contributed by atoms with van der Waals surface area (Å²) in [6.45, 7) is 0.779. The van der Waals surface area contributed by atoms with Crippen LogP contribution in [-0.2, 0) is 10.9 Å². The van der Waals surface area contributed by atoms with Crippen molar-refractivity contribution >= 4 is 5.69 Å². The Kier molecular flexibility index (Phi) is 5.27. The number of benzene rings is 1. The van der Waals surface area contributed by atoms with Gasteiger partial charge in [-0.05, 0) is 51.6 Å². The first-order valence-electron chi connectivity index (χ1n) is 9.94. The van der Waals surface area contributed by atoms with Gasteiger partial charge in [0.25, 0.3) is 0 Å². The molecule has 2 heterocycles. The highest BCUT2D eigenvalue weighted by Crippen LogP contribution is 2.49. The summed E-state index contributed by atoms with van der Waals surface area (Å²) in [5.74, 6) is 0.484. The molecule has 28 heavy (non-hydrogen) atoms. The van der Waals surface area contributed by atoms with Crippen LogP contribution in [0.3, 0.4) is 0 Å². The van der Waals surface area contributed by atoms with Crippen LogP contribution in [0, 0.1) is 11.8 Å². The number of ether oxygens (including phenoxy) is 1. The number of rotatable bonds is 3. The van der Waals surface area contributed by atoms with Crippen LogP contribution in [-0.4, -0.2) is 37.7 Å². The summed E-state index contributed by atoms with van der Waals surface area (Å²) in [5.41, 5.74) is 0.812. The minimum absolute atomic E-state index is 0.0409. The van der Waals surface area contributed by atoms with Gasteiger partial charge >= 0.3 is 6.18 Å². The van der Waals surface area contributed by atoms with Gasteiger partial charge in [-0.1, -0.05) is 24.3 Å². The number of halogens is 3. The average Bonchev–Trinajstić information content (AvgIpc) is 2.66. The molecule has 1 aliphatic carbocycles. The highest BCUT2D eigenvalue weighted by atomic mass is 19.4. The zero-order valence-electron chi connectivity index (χ0n) is 16.2. The lowest BCUT2D eigenvalue weighted by Crippen LogP contribution is -2.48. The van der Waals surface area contributed by atoms with E-state index in [9.17, 15) is 13.2 Å². The summed E-state index contributed by atoms with van der Waals surface area (Å²) < 4.78 is 46.4. The summed E-state index contributed by atoms with van der Waals surface area (Å²) >= 11 is 0. The third kappa shape index (κ3) is 3.85. The van der Waals surface area contributed by atoms with Crippen LogP contribution in [0.4, 0.5) is 18.9 Å². The molecule has 0 spiro atoms. The fourth-order valence-corrected chi connectivity index (χ4v) is 4.80. The molecular formula is C22H27F3N2O. The van der Waals surface area contributed by atoms with Gasteiger partial charge in [0, 0.05) is 35.7 Å². The number of nitrogens with one attached hydrogen (secondary N) is 1. The Morgan fingerprint density at radius 2 is 2.00 bits per heavy atom. The SMILES string of the molecule is CN(C)C[C@H]1CC[C@@H]2[C@H](O1)c1cc(C(F)(F)F)ccc1N[C@H]2C1C=CC=CC1. The van der Waals surface area contributed by atoms with E-state index in [1.165, 1.54) is 12.1 Å². The first-order chi connectivity index (χ1) is 13.3. The number of likely N-dealkylation sites (N-methyl/N-ethyl adjacent to an activating group) is 1. The summed E-state index contributed by atoms with van der Waals surface area (Å²) in [6.07, 6.45) is 6.67. The van der Waals surface area contributed by atoms with Crippen molar-refractivity contribution in [3.05, 3.63) is 53.6 Å². The topological polar surface area (TPSA) is 24.5 Å². The normalized spacial score (nSPS) is 32.0. The molecule has 4 rings (SSSR count). The molecule has 1 fully saturated rings. The minimum atomic E-state index is -4.35. The van der Waals surface area contributed by atoms with Gasteiger partial charge in [-0.15, -0.1) is 0 Å². The molecule has 0 amide bonds. The van der Waals surface area contributed by atoms with E-state index < -0.39 is 11.7 Å². The summed E-state index contributed by atoms with van der Waals surface area (Å²) in [6, 6.07) is 4.18. The second-order valence-electron chi connectivity index (χ2n) is 8.36. The van der Waals surface area contributed by atoms with Gasteiger partial charge in [0.15, 0.2) is 0 Å². The lowest BCUT2D eigenvalue weighted by atomic mass is 9.73. The van der Waals surface area contributed by atoms with Crippen LogP contribution < -0.4 is 5.32 Å². The van der Waals surface area contributed by atoms with Crippen molar-refractivity contribution < 1.29 is 17.9 Å². The predicted molar refractivity (Wildman–Crippen MR) is 104 cm³/mol. The fraction of sp³-hybridized carbons (Fsp3) is 0.545. The maximum atomic E-state index is 13.3. The van der Waals surface area contributed by atoms with Crippen molar-refractivity contribution in [1.82, 2.24) is 4.90 Å². The van der Waals surface area contributed by atoms with E-state index >= 15 is 0 Å². The standard InChI is InChI=1S/C22H27F3N2O/c1-27(2)13-16-9-10-17-20(14-6-4-3-5-7-14)26-19-11-8-15(22(23,24)25)12-18(19)21(17)28-16/h3-6,8,11-12,14,16-17,20-21,26H,7,9-10,13H2,1-2H3/t14?,16-,17+,20+,21+/m1/s1. The minimum Gasteiger partial charge on any atom is -0.381 e. The Balaban J connectivity index is 1.69. The number of hydrogen-bond donors (Lipinski definition) is 1. The molecule has 0 bridgehead atoms. The predicted octanol–water partition coefficient (Wildman–Crippen LogP) is 5.03. The summed E-state index contributed by atoms with van der Waals surface area (Å²) in [4.78, 5) is 2.07. The average molecular weight is 392 g/mol. The van der Waals surface area contributed by atoms with Crippen molar-refractivity contribution in [2.24, 2.45) is 11.8 Å². The first-order valence-corrected chi connectivity index (χ1v) is 9.94. The van der Waals surface area contributed by atoms with Crippen LogP contribution in [0.15, 0.2) is 42.5 Å². The molecule has 3 nitrogen and oxygen atoms in total. The van der Waals surface area contributed by atoms with E-state index in [4.69, 9.17) is 4.74 Å². The third-order valence-electron chi connectivity index (χ3n) is 6.06. The van der Waals surface area contributed by atoms with Crippen LogP contribution in [0.25, 0.3) is 0 Å². The first kappa shape index (κ1) is 19.5. The number of fused-ring (bicyclic) bond motifs is 3. The molecule has 5 atom stereocenters. The van der Waals surface area contributed by atoms with Gasteiger partial charge < -0.3 is 15.0 Å². The van der Waals surface area contributed by atoms with Gasteiger partial charge in [0.2, 0.25) is 0 Å². The fourth-order valence-electron chi connectivity index (χ4n) is 4.80. The maximum Gasteiger partial charge on any atom is 0.416 e. The molecule has 1 aromatic rings. The monoisotopic (exact) mass is 392 g/mol. The molecule has 2 aliphatic heterocycles. The van der Waals surface area contributed by atoms with Gasteiger partial charge in [-0.25, -0.2) is 0 Å². The zero-order valence-corrected chi connectivity index (χ0v) is 16.2. The van der Waals surface area contributed by atoms with E-state index in [0.717, 1.165) is 31.5 Å². The molecule has 152 valence electrons. The molecular weight excluding hydrogens is 365 g/mol. The Bertz CT molecular complexity index is 772. The maximum absolute atomic E-state index is 13.3. The molecule has 1 N–H and O–H groups in total. The van der Waals surface area contributed by atoms with Gasteiger partial charge in [0.1, 0.15) is 0 Å². The molecule has 0 aromatic heterocycles. The van der Waals surface area contributed by atoms with Crippen LogP contribution >= 0.6 is 0 Å². The second kappa shape index (κ2) is 7.56. The van der Waals surface area contributed by atoms with Gasteiger partial charge in [-0.3, -0.25) is 0 Å². The zero-order chi connectivity index (χ0) is 19.9. The van der Waals surface area contributed by atoms with Gasteiger partial charge in [0.05, 0.1) is 17.8 Å². The molecule has 1 saturated heterocycles. The smallest absolute Gasteiger partial charge is 0.381 e. The van der Waals surface area contributed by atoms with E-state index in [1.807, 2.05) is 20.2 Å². The number of hydrogen-bond acceptors (Lipinski definition) is 3. The Labute approximate surface area is 164 Å². The molecule has 6 heteroatoms. The number of nitrogens with zero attached hydrogens (tertiary/aromatic N) is 1. The van der Waals surface area contributed by atoms with Crippen LogP contribution in [0.2, 0.25) is 0 Å². The molecule has 3 aliphatic rings. The van der Waals surface area contributed by atoms with Crippen molar-refractivity contribution in [3.8, 4) is 0 Å². The number of anilines is 1. The Morgan fingerprint density at radius 3 is 2.68 bits per heavy atom. The Hall–Kier alpha value is -1.79. The van der Waals surface area contributed by atoms with E-state index in [1.54, 1.807) is 6.07 Å². The van der Waals surface area contributed by atoms with Crippen molar-refractivity contribution in [1.29, 1.82) is 0 Å². The van der Waals surface area contributed by atoms with E-state index in [-0.39, 0.29) is 24.2 Å². The number of alkyl halides is 3. The highest BCUT2D eigenvalue weighted by molar-refractivity contribution is 5.58. The number of allylic oxidation sites excluding steroid dienone is 3. The summed E-state index contributed by atoms with van der Waals surface area (Å²) in [5, 5.41) is 3.56. The van der Waals surface area contributed by atoms with E-state index in [0.29, 0.717) is 11.5 Å². The van der Waals surface area contributed by atoms with E-state index in [2.05, 4.69) is 28.4 Å². The lowest BCUT2D eigenvalue weighted by molar-refractivity contribution is -0.138. The lowest BCUT2D eigenvalue weighted by Gasteiger charge is -2.48.